The van der Waals surface area contributed by atoms with Crippen molar-refractivity contribution in [2.24, 2.45) is 0 Å². The van der Waals surface area contributed by atoms with Crippen LogP contribution in [0.25, 0.3) is 0 Å². The Kier molecular flexibility index (Phi) is 7.04. The van der Waals surface area contributed by atoms with E-state index in [4.69, 9.17) is 4.74 Å². The van der Waals surface area contributed by atoms with Gasteiger partial charge < -0.3 is 10.1 Å². The summed E-state index contributed by atoms with van der Waals surface area (Å²) in [5, 5.41) is 3.52. The summed E-state index contributed by atoms with van der Waals surface area (Å²) in [6.07, 6.45) is 2.67. The standard InChI is InChI=1S/C14H22BrNO2S/c1-10(7-8-19(4)17)16-11(2)12-5-6-14(18-3)13(15)9-12/h5-6,9-11,16H,7-8H2,1-4H3. The van der Waals surface area contributed by atoms with Gasteiger partial charge in [-0.15, -0.1) is 0 Å². The SMILES string of the molecule is COc1ccc(C(C)NC(C)CCS(C)=O)cc1Br. The average molecular weight is 348 g/mol. The van der Waals surface area contributed by atoms with E-state index < -0.39 is 10.8 Å². The fourth-order valence-electron chi connectivity index (χ4n) is 1.90. The fourth-order valence-corrected chi connectivity index (χ4v) is 3.14. The van der Waals surface area contributed by atoms with Crippen molar-refractivity contribution in [3.63, 3.8) is 0 Å². The monoisotopic (exact) mass is 347 g/mol. The molecule has 5 heteroatoms. The highest BCUT2D eigenvalue weighted by Crippen LogP contribution is 2.28. The molecule has 0 spiro atoms. The zero-order chi connectivity index (χ0) is 14.4. The number of hydrogen-bond acceptors (Lipinski definition) is 3. The molecule has 1 rings (SSSR count). The summed E-state index contributed by atoms with van der Waals surface area (Å²) in [5.74, 6) is 1.58. The normalized spacial score (nSPS) is 15.8. The molecule has 0 saturated carbocycles. The Morgan fingerprint density at radius 1 is 1.42 bits per heavy atom. The molecule has 0 saturated heterocycles. The Morgan fingerprint density at radius 2 is 2.11 bits per heavy atom. The molecular formula is C14H22BrNO2S. The lowest BCUT2D eigenvalue weighted by molar-refractivity contribution is 0.411. The van der Waals surface area contributed by atoms with E-state index in [1.54, 1.807) is 13.4 Å². The van der Waals surface area contributed by atoms with Crippen LogP contribution in [0.5, 0.6) is 5.75 Å². The van der Waals surface area contributed by atoms with E-state index in [1.165, 1.54) is 5.56 Å². The third-order valence-electron chi connectivity index (χ3n) is 3.05. The largest absolute Gasteiger partial charge is 0.496 e. The minimum atomic E-state index is -0.718. The predicted octanol–water partition coefficient (Wildman–Crippen LogP) is 3.27. The number of halogens is 1. The van der Waals surface area contributed by atoms with Gasteiger partial charge in [0, 0.05) is 34.9 Å². The molecule has 19 heavy (non-hydrogen) atoms. The van der Waals surface area contributed by atoms with Gasteiger partial charge in [0.05, 0.1) is 11.6 Å². The van der Waals surface area contributed by atoms with E-state index >= 15 is 0 Å². The number of hydrogen-bond donors (Lipinski definition) is 1. The van der Waals surface area contributed by atoms with Gasteiger partial charge in [0.2, 0.25) is 0 Å². The van der Waals surface area contributed by atoms with Gasteiger partial charge in [-0.05, 0) is 53.9 Å². The van der Waals surface area contributed by atoms with E-state index in [0.717, 1.165) is 22.4 Å². The van der Waals surface area contributed by atoms with Gasteiger partial charge in [-0.1, -0.05) is 6.07 Å². The summed E-state index contributed by atoms with van der Waals surface area (Å²) in [6, 6.07) is 6.69. The van der Waals surface area contributed by atoms with Crippen LogP contribution in [0.4, 0.5) is 0 Å². The molecule has 0 aliphatic rings. The Labute approximate surface area is 126 Å². The third kappa shape index (κ3) is 5.63. The van der Waals surface area contributed by atoms with Crippen molar-refractivity contribution < 1.29 is 8.95 Å². The van der Waals surface area contributed by atoms with Gasteiger partial charge in [0.15, 0.2) is 0 Å². The third-order valence-corrected chi connectivity index (χ3v) is 4.48. The lowest BCUT2D eigenvalue weighted by Crippen LogP contribution is -2.30. The van der Waals surface area contributed by atoms with Crippen molar-refractivity contribution in [1.29, 1.82) is 0 Å². The second-order valence-corrected chi connectivity index (χ2v) is 7.16. The fraction of sp³-hybridized carbons (Fsp3) is 0.571. The Morgan fingerprint density at radius 3 is 2.63 bits per heavy atom. The first-order valence-electron chi connectivity index (χ1n) is 6.33. The van der Waals surface area contributed by atoms with Gasteiger partial charge in [0.25, 0.3) is 0 Å². The number of nitrogens with one attached hydrogen (secondary N) is 1. The summed E-state index contributed by atoms with van der Waals surface area (Å²) in [5.41, 5.74) is 1.21. The summed E-state index contributed by atoms with van der Waals surface area (Å²) in [7, 11) is 0.944. The van der Waals surface area contributed by atoms with Gasteiger partial charge in [0.1, 0.15) is 5.75 Å². The minimum absolute atomic E-state index is 0.252. The Bertz CT molecular complexity index is 439. The molecule has 108 valence electrons. The van der Waals surface area contributed by atoms with Gasteiger partial charge >= 0.3 is 0 Å². The lowest BCUT2D eigenvalue weighted by Gasteiger charge is -2.20. The van der Waals surface area contributed by atoms with E-state index in [9.17, 15) is 4.21 Å². The maximum absolute atomic E-state index is 11.1. The van der Waals surface area contributed by atoms with Gasteiger partial charge in [-0.3, -0.25) is 4.21 Å². The van der Waals surface area contributed by atoms with Crippen LogP contribution in [0.3, 0.4) is 0 Å². The van der Waals surface area contributed by atoms with Crippen LogP contribution >= 0.6 is 15.9 Å². The highest BCUT2D eigenvalue weighted by atomic mass is 79.9. The molecule has 0 aliphatic carbocycles. The molecule has 0 heterocycles. The second-order valence-electron chi connectivity index (χ2n) is 4.75. The molecule has 0 radical (unpaired) electrons. The van der Waals surface area contributed by atoms with Gasteiger partial charge in [-0.25, -0.2) is 0 Å². The Hall–Kier alpha value is -0.390. The molecule has 3 unspecified atom stereocenters. The van der Waals surface area contributed by atoms with E-state index in [2.05, 4.69) is 47.2 Å². The van der Waals surface area contributed by atoms with Crippen LogP contribution in [-0.2, 0) is 10.8 Å². The summed E-state index contributed by atoms with van der Waals surface area (Å²) in [4.78, 5) is 0. The lowest BCUT2D eigenvalue weighted by atomic mass is 10.1. The van der Waals surface area contributed by atoms with E-state index in [-0.39, 0.29) is 6.04 Å². The average Bonchev–Trinajstić information content (AvgIpc) is 2.36. The molecule has 0 aliphatic heterocycles. The summed E-state index contributed by atoms with van der Waals surface area (Å²) < 4.78 is 17.3. The van der Waals surface area contributed by atoms with Crippen LogP contribution in [-0.4, -0.2) is 29.4 Å². The van der Waals surface area contributed by atoms with Crippen molar-refractivity contribution in [3.8, 4) is 5.75 Å². The molecule has 3 atom stereocenters. The van der Waals surface area contributed by atoms with Gasteiger partial charge in [-0.2, -0.15) is 0 Å². The van der Waals surface area contributed by atoms with Crippen molar-refractivity contribution in [1.82, 2.24) is 5.32 Å². The first-order valence-corrected chi connectivity index (χ1v) is 8.85. The van der Waals surface area contributed by atoms with Crippen molar-refractivity contribution in [2.75, 3.05) is 19.1 Å². The summed E-state index contributed by atoms with van der Waals surface area (Å²) >= 11 is 3.50. The Balaban J connectivity index is 2.60. The molecule has 1 aromatic rings. The van der Waals surface area contributed by atoms with Crippen LogP contribution in [0.1, 0.15) is 31.9 Å². The molecule has 0 aromatic heterocycles. The maximum Gasteiger partial charge on any atom is 0.133 e. The van der Waals surface area contributed by atoms with Crippen molar-refractivity contribution in [3.05, 3.63) is 28.2 Å². The molecule has 1 aromatic carbocycles. The highest BCUT2D eigenvalue weighted by molar-refractivity contribution is 9.10. The highest BCUT2D eigenvalue weighted by Gasteiger charge is 2.11. The number of rotatable bonds is 7. The van der Waals surface area contributed by atoms with Crippen LogP contribution in [0, 0.1) is 0 Å². The molecular weight excluding hydrogens is 326 g/mol. The topological polar surface area (TPSA) is 38.3 Å². The quantitative estimate of drug-likeness (QED) is 0.822. The number of ether oxygens (including phenoxy) is 1. The zero-order valence-electron chi connectivity index (χ0n) is 11.9. The molecule has 3 nitrogen and oxygen atoms in total. The number of methoxy groups -OCH3 is 1. The zero-order valence-corrected chi connectivity index (χ0v) is 14.3. The smallest absolute Gasteiger partial charge is 0.133 e. The van der Waals surface area contributed by atoms with Crippen LogP contribution in [0.2, 0.25) is 0 Å². The van der Waals surface area contributed by atoms with Crippen molar-refractivity contribution in [2.45, 2.75) is 32.4 Å². The van der Waals surface area contributed by atoms with E-state index in [0.29, 0.717) is 6.04 Å². The predicted molar refractivity (Wildman–Crippen MR) is 85.3 cm³/mol. The molecule has 0 amide bonds. The minimum Gasteiger partial charge on any atom is -0.496 e. The van der Waals surface area contributed by atoms with Crippen molar-refractivity contribution >= 4 is 26.7 Å². The molecule has 1 N–H and O–H groups in total. The van der Waals surface area contributed by atoms with Crippen LogP contribution < -0.4 is 10.1 Å². The molecule has 0 bridgehead atoms. The first kappa shape index (κ1) is 16.7. The van der Waals surface area contributed by atoms with Crippen LogP contribution in [0.15, 0.2) is 22.7 Å². The summed E-state index contributed by atoms with van der Waals surface area (Å²) in [6.45, 7) is 4.26. The maximum atomic E-state index is 11.1. The van der Waals surface area contributed by atoms with E-state index in [1.807, 2.05) is 6.07 Å². The molecule has 0 fully saturated rings. The second kappa shape index (κ2) is 8.02. The number of benzene rings is 1. The first-order chi connectivity index (χ1) is 8.93.